The van der Waals surface area contributed by atoms with Crippen molar-refractivity contribution in [2.75, 3.05) is 6.61 Å². The summed E-state index contributed by atoms with van der Waals surface area (Å²) in [6.07, 6.45) is 0. The van der Waals surface area contributed by atoms with Crippen molar-refractivity contribution in [2.45, 2.75) is 39.3 Å². The van der Waals surface area contributed by atoms with Crippen molar-refractivity contribution in [1.82, 2.24) is 9.13 Å². The number of nitrogens with one attached hydrogen (secondary N) is 1. The second kappa shape index (κ2) is 9.56. The summed E-state index contributed by atoms with van der Waals surface area (Å²) in [5, 5.41) is 8.77. The minimum atomic E-state index is 0. The number of hydrogen-bond acceptors (Lipinski definition) is 2. The molecule has 0 fully saturated rings. The van der Waals surface area contributed by atoms with Gasteiger partial charge in [0.1, 0.15) is 12.4 Å². The Morgan fingerprint density at radius 2 is 1.35 bits per heavy atom. The first-order valence-corrected chi connectivity index (χ1v) is 10.4. The zero-order chi connectivity index (χ0) is 21.1. The molecule has 0 amide bonds. The monoisotopic (exact) mass is 478 g/mol. The van der Waals surface area contributed by atoms with Crippen molar-refractivity contribution in [3.63, 3.8) is 0 Å². The maximum Gasteiger partial charge on any atom is 0.203 e. The summed E-state index contributed by atoms with van der Waals surface area (Å²) in [6, 6.07) is 26.8. The molecule has 1 heterocycles. The lowest BCUT2D eigenvalue weighted by atomic mass is 9.87. The van der Waals surface area contributed by atoms with Gasteiger partial charge in [-0.05, 0) is 40.8 Å². The highest BCUT2D eigenvalue weighted by Crippen LogP contribution is 2.24. The molecule has 5 heteroatoms. The molecule has 4 nitrogen and oxygen atoms in total. The highest BCUT2D eigenvalue weighted by Gasteiger charge is 2.13. The van der Waals surface area contributed by atoms with E-state index in [1.165, 1.54) is 11.1 Å². The Labute approximate surface area is 194 Å². The number of para-hydroxylation sites is 2. The summed E-state index contributed by atoms with van der Waals surface area (Å²) in [4.78, 5) is 0. The number of halogens is 1. The molecule has 0 bridgehead atoms. The van der Waals surface area contributed by atoms with Crippen LogP contribution in [0.4, 0.5) is 0 Å². The molecule has 1 N–H and O–H groups in total. The molecular formula is C26H29BrN3O-. The minimum absolute atomic E-state index is 0. The van der Waals surface area contributed by atoms with E-state index in [9.17, 15) is 0 Å². The van der Waals surface area contributed by atoms with Crippen LogP contribution in [0.3, 0.4) is 0 Å². The first-order chi connectivity index (χ1) is 14.4. The Bertz CT molecular complexity index is 1190. The Morgan fingerprint density at radius 3 is 1.97 bits per heavy atom. The van der Waals surface area contributed by atoms with Crippen molar-refractivity contribution >= 4 is 11.0 Å². The third kappa shape index (κ3) is 5.10. The van der Waals surface area contributed by atoms with Crippen LogP contribution in [0.25, 0.3) is 11.0 Å². The smallest absolute Gasteiger partial charge is 0.203 e. The summed E-state index contributed by atoms with van der Waals surface area (Å²) < 4.78 is 10.1. The third-order valence-electron chi connectivity index (χ3n) is 5.46. The fraction of sp³-hybridized carbons (Fsp3) is 0.269. The molecule has 0 radical (unpaired) electrons. The lowest BCUT2D eigenvalue weighted by molar-refractivity contribution is -0.00000720. The average Bonchev–Trinajstić information content (AvgIpc) is 3.00. The van der Waals surface area contributed by atoms with Crippen LogP contribution in [0.5, 0.6) is 5.75 Å². The molecule has 4 rings (SSSR count). The van der Waals surface area contributed by atoms with Gasteiger partial charge in [-0.15, -0.1) is 0 Å². The van der Waals surface area contributed by atoms with Crippen molar-refractivity contribution in [2.24, 2.45) is 0 Å². The number of benzene rings is 3. The number of hydrogen-bond donors (Lipinski definition) is 1. The molecule has 0 aliphatic heterocycles. The fourth-order valence-corrected chi connectivity index (χ4v) is 3.75. The lowest BCUT2D eigenvalue weighted by Crippen LogP contribution is -3.00. The zero-order valence-electron chi connectivity index (χ0n) is 18.3. The largest absolute Gasteiger partial charge is 1.00 e. The van der Waals surface area contributed by atoms with E-state index in [1.54, 1.807) is 0 Å². The summed E-state index contributed by atoms with van der Waals surface area (Å²) in [5.41, 5.74) is 5.24. The normalized spacial score (nSPS) is 11.3. The number of fused-ring (bicyclic) bond motifs is 1. The van der Waals surface area contributed by atoms with E-state index < -0.39 is 0 Å². The standard InChI is InChI=1S/C26H29N3O.BrH/c1-26(2,3)21-13-15-22(16-14-21)30-18-17-28-23-11-7-8-12-24(23)29(25(28)27)19-20-9-5-4-6-10-20;/h4-16,27H,17-19H2,1-3H3;1H/p-1. The van der Waals surface area contributed by atoms with Crippen LogP contribution in [-0.4, -0.2) is 15.7 Å². The summed E-state index contributed by atoms with van der Waals surface area (Å²) in [5.74, 6) is 0.864. The first kappa shape index (κ1) is 22.9. The Balaban J connectivity index is 0.00000272. The maximum atomic E-state index is 8.77. The predicted octanol–water partition coefficient (Wildman–Crippen LogP) is 2.35. The second-order valence-electron chi connectivity index (χ2n) is 8.66. The highest BCUT2D eigenvalue weighted by molar-refractivity contribution is 5.76. The molecule has 4 aromatic rings. The van der Waals surface area contributed by atoms with Gasteiger partial charge in [0.15, 0.2) is 0 Å². The van der Waals surface area contributed by atoms with Crippen LogP contribution in [0.15, 0.2) is 78.9 Å². The molecule has 0 atom stereocenters. The molecular weight excluding hydrogens is 450 g/mol. The topological polar surface area (TPSA) is 42.9 Å². The Morgan fingerprint density at radius 1 is 0.774 bits per heavy atom. The van der Waals surface area contributed by atoms with Gasteiger partial charge in [-0.1, -0.05) is 75.4 Å². The third-order valence-corrected chi connectivity index (χ3v) is 5.46. The highest BCUT2D eigenvalue weighted by atomic mass is 79.9. The number of aromatic nitrogens is 2. The minimum Gasteiger partial charge on any atom is -1.00 e. The van der Waals surface area contributed by atoms with Crippen LogP contribution in [0.2, 0.25) is 0 Å². The van der Waals surface area contributed by atoms with E-state index in [4.69, 9.17) is 10.1 Å². The second-order valence-corrected chi connectivity index (χ2v) is 8.66. The van der Waals surface area contributed by atoms with Crippen LogP contribution >= 0.6 is 0 Å². The van der Waals surface area contributed by atoms with E-state index in [2.05, 4.69) is 61.7 Å². The molecule has 0 saturated heterocycles. The fourth-order valence-electron chi connectivity index (χ4n) is 3.75. The SMILES string of the molecule is CC(C)(C)c1ccc(OCCn2c(=N)n(Cc3ccccc3)c3ccccc32)cc1.[Br-]. The molecule has 0 unspecified atom stereocenters. The molecule has 0 aliphatic rings. The van der Waals surface area contributed by atoms with Crippen LogP contribution in [0, 0.1) is 5.41 Å². The van der Waals surface area contributed by atoms with E-state index in [-0.39, 0.29) is 22.4 Å². The van der Waals surface area contributed by atoms with Crippen molar-refractivity contribution < 1.29 is 21.7 Å². The number of rotatable bonds is 6. The first-order valence-electron chi connectivity index (χ1n) is 10.4. The number of nitrogens with zero attached hydrogens (tertiary/aromatic N) is 2. The molecule has 0 aliphatic carbocycles. The lowest BCUT2D eigenvalue weighted by Gasteiger charge is -2.19. The van der Waals surface area contributed by atoms with Gasteiger partial charge in [0.05, 0.1) is 24.1 Å². The van der Waals surface area contributed by atoms with Gasteiger partial charge in [0, 0.05) is 0 Å². The van der Waals surface area contributed by atoms with E-state index in [0.717, 1.165) is 16.8 Å². The van der Waals surface area contributed by atoms with E-state index in [0.29, 0.717) is 25.3 Å². The van der Waals surface area contributed by atoms with Crippen molar-refractivity contribution in [1.29, 1.82) is 5.41 Å². The quantitative estimate of drug-likeness (QED) is 0.454. The summed E-state index contributed by atoms with van der Waals surface area (Å²) in [6.45, 7) is 8.46. The molecule has 0 spiro atoms. The molecule has 0 saturated carbocycles. The molecule has 162 valence electrons. The van der Waals surface area contributed by atoms with Gasteiger partial charge in [-0.3, -0.25) is 5.41 Å². The molecule has 31 heavy (non-hydrogen) atoms. The van der Waals surface area contributed by atoms with Gasteiger partial charge in [-0.2, -0.15) is 0 Å². The zero-order valence-corrected chi connectivity index (χ0v) is 19.9. The van der Waals surface area contributed by atoms with Gasteiger partial charge >= 0.3 is 0 Å². The van der Waals surface area contributed by atoms with Gasteiger partial charge < -0.3 is 30.9 Å². The summed E-state index contributed by atoms with van der Waals surface area (Å²) in [7, 11) is 0. The van der Waals surface area contributed by atoms with E-state index >= 15 is 0 Å². The Kier molecular flexibility index (Phi) is 7.06. The summed E-state index contributed by atoms with van der Waals surface area (Å²) >= 11 is 0. The number of ether oxygens (including phenoxy) is 1. The number of imidazole rings is 1. The molecule has 3 aromatic carbocycles. The predicted molar refractivity (Wildman–Crippen MR) is 122 cm³/mol. The average molecular weight is 479 g/mol. The van der Waals surface area contributed by atoms with Crippen LogP contribution in [-0.2, 0) is 18.5 Å². The van der Waals surface area contributed by atoms with Gasteiger partial charge in [0.2, 0.25) is 5.62 Å². The van der Waals surface area contributed by atoms with Gasteiger partial charge in [0.25, 0.3) is 0 Å². The van der Waals surface area contributed by atoms with Crippen LogP contribution < -0.4 is 27.3 Å². The van der Waals surface area contributed by atoms with E-state index in [1.807, 2.05) is 47.0 Å². The molecule has 1 aromatic heterocycles. The van der Waals surface area contributed by atoms with Crippen molar-refractivity contribution in [3.8, 4) is 5.75 Å². The Hall–Kier alpha value is -2.79. The van der Waals surface area contributed by atoms with Gasteiger partial charge in [-0.25, -0.2) is 0 Å². The van der Waals surface area contributed by atoms with Crippen LogP contribution in [0.1, 0.15) is 31.9 Å². The maximum absolute atomic E-state index is 8.77. The van der Waals surface area contributed by atoms with Crippen molar-refractivity contribution in [3.05, 3.63) is 95.6 Å².